The number of benzene rings is 1. The van der Waals surface area contributed by atoms with Crippen molar-refractivity contribution in [3.8, 4) is 0 Å². The molecule has 1 amide bonds. The molecule has 2 rings (SSSR count). The van der Waals surface area contributed by atoms with E-state index in [0.29, 0.717) is 11.3 Å². The molecule has 0 aromatic heterocycles. The number of rotatable bonds is 4. The molecule has 1 fully saturated rings. The predicted octanol–water partition coefficient (Wildman–Crippen LogP) is 3.04. The molecule has 0 radical (unpaired) electrons. The summed E-state index contributed by atoms with van der Waals surface area (Å²) in [6.07, 6.45) is 6.28. The lowest BCUT2D eigenvalue weighted by atomic mass is 9.76. The highest BCUT2D eigenvalue weighted by Crippen LogP contribution is 2.35. The van der Waals surface area contributed by atoms with Gasteiger partial charge in [-0.15, -0.1) is 0 Å². The van der Waals surface area contributed by atoms with Gasteiger partial charge >= 0.3 is 0 Å². The van der Waals surface area contributed by atoms with Crippen molar-refractivity contribution in [3.63, 3.8) is 0 Å². The van der Waals surface area contributed by atoms with Crippen molar-refractivity contribution >= 4 is 17.3 Å². The van der Waals surface area contributed by atoms with E-state index in [4.69, 9.17) is 5.73 Å². The molecular formula is C17H27N3O. The van der Waals surface area contributed by atoms with Crippen LogP contribution in [-0.4, -0.2) is 26.5 Å². The zero-order valence-electron chi connectivity index (χ0n) is 13.4. The van der Waals surface area contributed by atoms with Crippen LogP contribution in [-0.2, 0) is 0 Å². The zero-order valence-corrected chi connectivity index (χ0v) is 13.4. The van der Waals surface area contributed by atoms with Crippen LogP contribution in [0, 0.1) is 5.41 Å². The van der Waals surface area contributed by atoms with Gasteiger partial charge in [-0.1, -0.05) is 26.2 Å². The molecule has 3 N–H and O–H groups in total. The lowest BCUT2D eigenvalue weighted by molar-refractivity contribution is 0.0919. The van der Waals surface area contributed by atoms with Gasteiger partial charge < -0.3 is 16.0 Å². The first-order chi connectivity index (χ1) is 9.91. The van der Waals surface area contributed by atoms with Crippen molar-refractivity contribution in [1.29, 1.82) is 0 Å². The van der Waals surface area contributed by atoms with E-state index in [1.165, 1.54) is 32.1 Å². The Hall–Kier alpha value is -1.71. The maximum Gasteiger partial charge on any atom is 0.251 e. The van der Waals surface area contributed by atoms with Crippen LogP contribution in [0.3, 0.4) is 0 Å². The molecule has 1 aromatic rings. The molecule has 1 aromatic carbocycles. The quantitative estimate of drug-likeness (QED) is 0.838. The lowest BCUT2D eigenvalue weighted by Crippen LogP contribution is -2.37. The monoisotopic (exact) mass is 289 g/mol. The van der Waals surface area contributed by atoms with Gasteiger partial charge in [0, 0.05) is 26.2 Å². The largest absolute Gasteiger partial charge is 0.397 e. The number of hydrogen-bond donors (Lipinski definition) is 2. The van der Waals surface area contributed by atoms with Gasteiger partial charge in [-0.25, -0.2) is 0 Å². The average Bonchev–Trinajstić information content (AvgIpc) is 2.45. The molecule has 0 aliphatic heterocycles. The number of anilines is 2. The van der Waals surface area contributed by atoms with Crippen LogP contribution in [0.15, 0.2) is 18.2 Å². The first kappa shape index (κ1) is 15.7. The Bertz CT molecular complexity index is 505. The Morgan fingerprint density at radius 1 is 1.29 bits per heavy atom. The Kier molecular flexibility index (Phi) is 4.76. The summed E-state index contributed by atoms with van der Waals surface area (Å²) in [6, 6.07) is 5.49. The van der Waals surface area contributed by atoms with Crippen molar-refractivity contribution in [2.75, 3.05) is 31.3 Å². The summed E-state index contributed by atoms with van der Waals surface area (Å²) in [5, 5.41) is 3.08. The number of nitrogen functional groups attached to an aromatic ring is 1. The topological polar surface area (TPSA) is 58.4 Å². The summed E-state index contributed by atoms with van der Waals surface area (Å²) < 4.78 is 0. The molecule has 0 bridgehead atoms. The smallest absolute Gasteiger partial charge is 0.251 e. The second kappa shape index (κ2) is 6.37. The highest BCUT2D eigenvalue weighted by molar-refractivity contribution is 5.96. The van der Waals surface area contributed by atoms with E-state index in [2.05, 4.69) is 12.2 Å². The third kappa shape index (κ3) is 3.90. The number of carbonyl (C=O) groups is 1. The molecule has 0 unspecified atom stereocenters. The van der Waals surface area contributed by atoms with Gasteiger partial charge in [0.15, 0.2) is 0 Å². The van der Waals surface area contributed by atoms with Gasteiger partial charge in [0.1, 0.15) is 0 Å². The average molecular weight is 289 g/mol. The van der Waals surface area contributed by atoms with E-state index in [1.54, 1.807) is 6.07 Å². The standard InChI is InChI=1S/C17H27N3O/c1-17(9-5-4-6-10-17)12-19-16(21)13-7-8-15(20(2)3)14(18)11-13/h7-8,11H,4-6,9-10,12,18H2,1-3H3,(H,19,21). The molecule has 0 saturated heterocycles. The summed E-state index contributed by atoms with van der Waals surface area (Å²) in [4.78, 5) is 14.2. The minimum absolute atomic E-state index is 0.0289. The highest BCUT2D eigenvalue weighted by atomic mass is 16.1. The number of amides is 1. The number of nitrogens with zero attached hydrogens (tertiary/aromatic N) is 1. The van der Waals surface area contributed by atoms with Crippen molar-refractivity contribution in [3.05, 3.63) is 23.8 Å². The molecule has 0 heterocycles. The SMILES string of the molecule is CN(C)c1ccc(C(=O)NCC2(C)CCCCC2)cc1N. The van der Waals surface area contributed by atoms with Gasteiger partial charge in [-0.3, -0.25) is 4.79 Å². The van der Waals surface area contributed by atoms with E-state index in [9.17, 15) is 4.79 Å². The fourth-order valence-corrected chi connectivity index (χ4v) is 3.08. The number of nitrogens with two attached hydrogens (primary N) is 1. The minimum atomic E-state index is -0.0289. The van der Waals surface area contributed by atoms with Crippen molar-refractivity contribution < 1.29 is 4.79 Å². The normalized spacial score (nSPS) is 17.3. The van der Waals surface area contributed by atoms with Crippen LogP contribution in [0.4, 0.5) is 11.4 Å². The van der Waals surface area contributed by atoms with Gasteiger partial charge in [-0.2, -0.15) is 0 Å². The second-order valence-electron chi connectivity index (χ2n) is 6.72. The molecule has 1 saturated carbocycles. The fraction of sp³-hybridized carbons (Fsp3) is 0.588. The number of nitrogens with one attached hydrogen (secondary N) is 1. The van der Waals surface area contributed by atoms with Crippen LogP contribution in [0.1, 0.15) is 49.4 Å². The van der Waals surface area contributed by atoms with Crippen LogP contribution in [0.2, 0.25) is 0 Å². The molecule has 0 atom stereocenters. The third-order valence-corrected chi connectivity index (χ3v) is 4.51. The van der Waals surface area contributed by atoms with Gasteiger partial charge in [0.05, 0.1) is 11.4 Å². The Morgan fingerprint density at radius 2 is 1.95 bits per heavy atom. The van der Waals surface area contributed by atoms with Crippen molar-refractivity contribution in [2.45, 2.75) is 39.0 Å². The van der Waals surface area contributed by atoms with Gasteiger partial charge in [0.25, 0.3) is 5.91 Å². The number of hydrogen-bond acceptors (Lipinski definition) is 3. The fourth-order valence-electron chi connectivity index (χ4n) is 3.08. The van der Waals surface area contributed by atoms with E-state index >= 15 is 0 Å². The molecule has 21 heavy (non-hydrogen) atoms. The van der Waals surface area contributed by atoms with Crippen LogP contribution in [0.5, 0.6) is 0 Å². The van der Waals surface area contributed by atoms with E-state index in [1.807, 2.05) is 31.1 Å². The van der Waals surface area contributed by atoms with Crippen LogP contribution < -0.4 is 16.0 Å². The summed E-state index contributed by atoms with van der Waals surface area (Å²) in [6.45, 7) is 3.02. The maximum absolute atomic E-state index is 12.3. The maximum atomic E-state index is 12.3. The molecule has 0 spiro atoms. The molecular weight excluding hydrogens is 262 g/mol. The lowest BCUT2D eigenvalue weighted by Gasteiger charge is -2.33. The molecule has 116 valence electrons. The van der Waals surface area contributed by atoms with E-state index in [-0.39, 0.29) is 11.3 Å². The summed E-state index contributed by atoms with van der Waals surface area (Å²) >= 11 is 0. The first-order valence-electron chi connectivity index (χ1n) is 7.76. The third-order valence-electron chi connectivity index (χ3n) is 4.51. The van der Waals surface area contributed by atoms with Crippen molar-refractivity contribution in [2.24, 2.45) is 5.41 Å². The van der Waals surface area contributed by atoms with E-state index < -0.39 is 0 Å². The Balaban J connectivity index is 1.98. The molecule has 4 nitrogen and oxygen atoms in total. The highest BCUT2D eigenvalue weighted by Gasteiger charge is 2.27. The van der Waals surface area contributed by atoms with E-state index in [0.717, 1.165) is 12.2 Å². The van der Waals surface area contributed by atoms with Crippen LogP contribution in [0.25, 0.3) is 0 Å². The van der Waals surface area contributed by atoms with Crippen LogP contribution >= 0.6 is 0 Å². The molecule has 1 aliphatic rings. The minimum Gasteiger partial charge on any atom is -0.397 e. The van der Waals surface area contributed by atoms with Crippen molar-refractivity contribution in [1.82, 2.24) is 5.32 Å². The summed E-state index contributed by atoms with van der Waals surface area (Å²) in [7, 11) is 3.88. The Labute approximate surface area is 127 Å². The van der Waals surface area contributed by atoms with Gasteiger partial charge in [-0.05, 0) is 36.5 Å². The predicted molar refractivity (Wildman–Crippen MR) is 88.7 cm³/mol. The molecule has 1 aliphatic carbocycles. The molecule has 4 heteroatoms. The number of carbonyl (C=O) groups excluding carboxylic acids is 1. The Morgan fingerprint density at radius 3 is 2.52 bits per heavy atom. The summed E-state index contributed by atoms with van der Waals surface area (Å²) in [5.74, 6) is -0.0289. The second-order valence-corrected chi connectivity index (χ2v) is 6.72. The zero-order chi connectivity index (χ0) is 15.5. The first-order valence-corrected chi connectivity index (χ1v) is 7.76. The van der Waals surface area contributed by atoms with Gasteiger partial charge in [0.2, 0.25) is 0 Å². The summed E-state index contributed by atoms with van der Waals surface area (Å²) in [5.41, 5.74) is 8.46.